The van der Waals surface area contributed by atoms with E-state index in [1.54, 1.807) is 25.1 Å². The van der Waals surface area contributed by atoms with Crippen LogP contribution in [0.5, 0.6) is 0 Å². The van der Waals surface area contributed by atoms with Gasteiger partial charge >= 0.3 is 5.97 Å². The molecule has 0 aliphatic carbocycles. The lowest BCUT2D eigenvalue weighted by Gasteiger charge is -2.08. The number of rotatable bonds is 3. The van der Waals surface area contributed by atoms with Crippen LogP contribution in [0.4, 0.5) is 15.9 Å². The minimum atomic E-state index is -1.05. The van der Waals surface area contributed by atoms with Crippen molar-refractivity contribution in [1.29, 1.82) is 0 Å². The molecule has 2 N–H and O–H groups in total. The molecule has 2 rings (SSSR count). The summed E-state index contributed by atoms with van der Waals surface area (Å²) in [5, 5.41) is 11.6. The van der Waals surface area contributed by atoms with Crippen molar-refractivity contribution in [3.8, 4) is 0 Å². The van der Waals surface area contributed by atoms with Gasteiger partial charge in [-0.15, -0.1) is 0 Å². The number of nitrogens with zero attached hydrogens (tertiary/aromatic N) is 1. The van der Waals surface area contributed by atoms with Crippen LogP contribution in [0.15, 0.2) is 36.5 Å². The van der Waals surface area contributed by atoms with Crippen LogP contribution in [0.2, 0.25) is 0 Å². The van der Waals surface area contributed by atoms with Crippen LogP contribution in [0.3, 0.4) is 0 Å². The predicted octanol–water partition coefficient (Wildman–Crippen LogP) is 2.97. The number of halogens is 1. The standard InChI is InChI=1S/C13H11FN2O2/c1-8-3-2-4-10(12(8)14)16-11-7-9(13(17)18)5-6-15-11/h2-7H,1H3,(H,15,16)(H,17,18). The zero-order valence-corrected chi connectivity index (χ0v) is 9.64. The number of aromatic nitrogens is 1. The van der Waals surface area contributed by atoms with E-state index in [4.69, 9.17) is 5.11 Å². The predicted molar refractivity (Wildman–Crippen MR) is 65.6 cm³/mol. The van der Waals surface area contributed by atoms with E-state index in [-0.39, 0.29) is 17.1 Å². The molecular formula is C13H11FN2O2. The summed E-state index contributed by atoms with van der Waals surface area (Å²) in [4.78, 5) is 14.7. The van der Waals surface area contributed by atoms with Crippen molar-refractivity contribution in [2.75, 3.05) is 5.32 Å². The van der Waals surface area contributed by atoms with E-state index in [9.17, 15) is 9.18 Å². The molecule has 2 aromatic rings. The van der Waals surface area contributed by atoms with E-state index >= 15 is 0 Å². The number of nitrogens with one attached hydrogen (secondary N) is 1. The number of aryl methyl sites for hydroxylation is 1. The zero-order valence-electron chi connectivity index (χ0n) is 9.64. The van der Waals surface area contributed by atoms with Gasteiger partial charge in [-0.2, -0.15) is 0 Å². The van der Waals surface area contributed by atoms with Gasteiger partial charge in [-0.25, -0.2) is 14.2 Å². The summed E-state index contributed by atoms with van der Waals surface area (Å²) in [5.41, 5.74) is 0.875. The first kappa shape index (κ1) is 12.0. The fourth-order valence-electron chi connectivity index (χ4n) is 1.51. The lowest BCUT2D eigenvalue weighted by atomic mass is 10.2. The molecule has 18 heavy (non-hydrogen) atoms. The van der Waals surface area contributed by atoms with Crippen molar-refractivity contribution in [2.24, 2.45) is 0 Å². The number of carboxylic acids is 1. The summed E-state index contributed by atoms with van der Waals surface area (Å²) in [7, 11) is 0. The molecular weight excluding hydrogens is 235 g/mol. The number of carbonyl (C=O) groups is 1. The Morgan fingerprint density at radius 3 is 2.89 bits per heavy atom. The van der Waals surface area contributed by atoms with Gasteiger partial charge in [0.05, 0.1) is 11.3 Å². The third kappa shape index (κ3) is 2.45. The molecule has 1 aromatic heterocycles. The molecule has 0 amide bonds. The Morgan fingerprint density at radius 1 is 1.39 bits per heavy atom. The average Bonchev–Trinajstić information content (AvgIpc) is 2.35. The first-order valence-corrected chi connectivity index (χ1v) is 5.29. The van der Waals surface area contributed by atoms with E-state index in [2.05, 4.69) is 10.3 Å². The molecule has 0 aliphatic rings. The lowest BCUT2D eigenvalue weighted by Crippen LogP contribution is -2.01. The van der Waals surface area contributed by atoms with Gasteiger partial charge in [0.2, 0.25) is 0 Å². The summed E-state index contributed by atoms with van der Waals surface area (Å²) in [5.74, 6) is -1.13. The highest BCUT2D eigenvalue weighted by Crippen LogP contribution is 2.21. The fraction of sp³-hybridized carbons (Fsp3) is 0.0769. The SMILES string of the molecule is Cc1cccc(Nc2cc(C(=O)O)ccn2)c1F. The molecule has 0 saturated heterocycles. The van der Waals surface area contributed by atoms with Crippen LogP contribution in [-0.4, -0.2) is 16.1 Å². The van der Waals surface area contributed by atoms with E-state index in [1.807, 2.05) is 0 Å². The quantitative estimate of drug-likeness (QED) is 0.874. The largest absolute Gasteiger partial charge is 0.478 e. The van der Waals surface area contributed by atoms with Gasteiger partial charge < -0.3 is 10.4 Å². The summed E-state index contributed by atoms with van der Waals surface area (Å²) < 4.78 is 13.7. The van der Waals surface area contributed by atoms with Crippen molar-refractivity contribution in [3.05, 3.63) is 53.5 Å². The molecule has 1 aromatic carbocycles. The van der Waals surface area contributed by atoms with Crippen molar-refractivity contribution < 1.29 is 14.3 Å². The van der Waals surface area contributed by atoms with Crippen molar-refractivity contribution in [3.63, 3.8) is 0 Å². The van der Waals surface area contributed by atoms with E-state index in [0.29, 0.717) is 11.4 Å². The molecule has 0 fully saturated rings. The topological polar surface area (TPSA) is 62.2 Å². The van der Waals surface area contributed by atoms with E-state index in [1.165, 1.54) is 18.3 Å². The second kappa shape index (κ2) is 4.83. The summed E-state index contributed by atoms with van der Waals surface area (Å²) >= 11 is 0. The molecule has 0 saturated carbocycles. The first-order chi connectivity index (χ1) is 8.58. The Hall–Kier alpha value is -2.43. The number of hydrogen-bond acceptors (Lipinski definition) is 3. The van der Waals surface area contributed by atoms with Crippen LogP contribution >= 0.6 is 0 Å². The van der Waals surface area contributed by atoms with Crippen LogP contribution in [0.25, 0.3) is 0 Å². The fourth-order valence-corrected chi connectivity index (χ4v) is 1.51. The Kier molecular flexibility index (Phi) is 3.23. The Morgan fingerprint density at radius 2 is 2.17 bits per heavy atom. The smallest absolute Gasteiger partial charge is 0.335 e. The van der Waals surface area contributed by atoms with E-state index < -0.39 is 5.97 Å². The minimum absolute atomic E-state index is 0.0977. The first-order valence-electron chi connectivity index (χ1n) is 5.29. The molecule has 5 heteroatoms. The molecule has 0 atom stereocenters. The van der Waals surface area contributed by atoms with Gasteiger partial charge in [-0.1, -0.05) is 12.1 Å². The number of carboxylic acid groups (broad SMARTS) is 1. The number of pyridine rings is 1. The molecule has 0 radical (unpaired) electrons. The van der Waals surface area contributed by atoms with Gasteiger partial charge in [-0.3, -0.25) is 0 Å². The Balaban J connectivity index is 2.31. The van der Waals surface area contributed by atoms with Crippen LogP contribution < -0.4 is 5.32 Å². The van der Waals surface area contributed by atoms with Gasteiger partial charge in [0, 0.05) is 6.20 Å². The lowest BCUT2D eigenvalue weighted by molar-refractivity contribution is 0.0697. The Labute approximate surface area is 103 Å². The molecule has 4 nitrogen and oxygen atoms in total. The van der Waals surface area contributed by atoms with Gasteiger partial charge in [0.25, 0.3) is 0 Å². The zero-order chi connectivity index (χ0) is 13.1. The number of benzene rings is 1. The maximum absolute atomic E-state index is 13.7. The second-order valence-electron chi connectivity index (χ2n) is 3.80. The normalized spacial score (nSPS) is 10.1. The van der Waals surface area contributed by atoms with Crippen LogP contribution in [0.1, 0.15) is 15.9 Å². The molecule has 0 bridgehead atoms. The van der Waals surface area contributed by atoms with Gasteiger partial charge in [-0.05, 0) is 30.7 Å². The monoisotopic (exact) mass is 246 g/mol. The van der Waals surface area contributed by atoms with Gasteiger partial charge in [0.15, 0.2) is 0 Å². The summed E-state index contributed by atoms with van der Waals surface area (Å²) in [6.45, 7) is 1.65. The van der Waals surface area contributed by atoms with Crippen molar-refractivity contribution >= 4 is 17.5 Å². The summed E-state index contributed by atoms with van der Waals surface area (Å²) in [6, 6.07) is 7.66. The highest BCUT2D eigenvalue weighted by atomic mass is 19.1. The highest BCUT2D eigenvalue weighted by Gasteiger charge is 2.07. The van der Waals surface area contributed by atoms with Gasteiger partial charge in [0.1, 0.15) is 11.6 Å². The molecule has 92 valence electrons. The third-order valence-electron chi connectivity index (χ3n) is 2.46. The van der Waals surface area contributed by atoms with Crippen molar-refractivity contribution in [2.45, 2.75) is 6.92 Å². The Bertz CT molecular complexity index is 599. The van der Waals surface area contributed by atoms with Crippen LogP contribution in [0, 0.1) is 12.7 Å². The third-order valence-corrected chi connectivity index (χ3v) is 2.46. The second-order valence-corrected chi connectivity index (χ2v) is 3.80. The average molecular weight is 246 g/mol. The van der Waals surface area contributed by atoms with E-state index in [0.717, 1.165) is 0 Å². The molecule has 0 unspecified atom stereocenters. The molecule has 0 aliphatic heterocycles. The molecule has 1 heterocycles. The van der Waals surface area contributed by atoms with Crippen LogP contribution in [-0.2, 0) is 0 Å². The highest BCUT2D eigenvalue weighted by molar-refractivity contribution is 5.88. The van der Waals surface area contributed by atoms with Crippen molar-refractivity contribution in [1.82, 2.24) is 4.98 Å². The number of anilines is 2. The maximum atomic E-state index is 13.7. The molecule has 0 spiro atoms. The minimum Gasteiger partial charge on any atom is -0.478 e. The summed E-state index contributed by atoms with van der Waals surface area (Å²) in [6.07, 6.45) is 1.36. The number of aromatic carboxylic acids is 1. The maximum Gasteiger partial charge on any atom is 0.335 e. The number of hydrogen-bond donors (Lipinski definition) is 2.